The molecule has 2 aromatic heterocycles. The number of carbonyl (C=O) groups is 1. The third-order valence-corrected chi connectivity index (χ3v) is 7.26. The van der Waals surface area contributed by atoms with Gasteiger partial charge in [-0.05, 0) is 32.7 Å². The number of aryl methyl sites for hydroxylation is 1. The van der Waals surface area contributed by atoms with E-state index < -0.39 is 0 Å². The second kappa shape index (κ2) is 10.3. The Morgan fingerprint density at radius 2 is 2.15 bits per heavy atom. The largest absolute Gasteiger partial charge is 0.496 e. The molecule has 0 saturated carbocycles. The van der Waals surface area contributed by atoms with Crippen LogP contribution in [0.15, 0.2) is 11.2 Å². The number of hydrogen-bond donors (Lipinski definition) is 4. The van der Waals surface area contributed by atoms with Crippen LogP contribution in [0.4, 0.5) is 11.8 Å². The number of anilines is 2. The number of nitrogen functional groups attached to an aromatic ring is 1. The van der Waals surface area contributed by atoms with Gasteiger partial charge in [-0.3, -0.25) is 14.8 Å². The number of hydrogen-bond acceptors (Lipinski definition) is 10. The van der Waals surface area contributed by atoms with Crippen molar-refractivity contribution in [1.82, 2.24) is 31.0 Å². The summed E-state index contributed by atoms with van der Waals surface area (Å²) in [5.41, 5.74) is 13.4. The Balaban J connectivity index is 1.47. The number of amides is 1. The molecule has 0 saturated heterocycles. The van der Waals surface area contributed by atoms with Gasteiger partial charge in [0.25, 0.3) is 0 Å². The molecule has 184 valence electrons. The van der Waals surface area contributed by atoms with Crippen LogP contribution in [0.3, 0.4) is 0 Å². The molecule has 5 N–H and O–H groups in total. The summed E-state index contributed by atoms with van der Waals surface area (Å²) in [6.45, 7) is 11.1. The average Bonchev–Trinajstić information content (AvgIpc) is 3.13. The highest BCUT2D eigenvalue weighted by Gasteiger charge is 2.41. The number of rotatable bonds is 9. The zero-order chi connectivity index (χ0) is 24.4. The second-order valence-corrected chi connectivity index (χ2v) is 10.4. The van der Waals surface area contributed by atoms with E-state index in [-0.39, 0.29) is 23.1 Å². The number of carbonyl (C=O) groups excluding carboxylic acids is 1. The quantitative estimate of drug-likeness (QED) is 0.308. The molecule has 0 aromatic carbocycles. The molecule has 2 atom stereocenters. The highest BCUT2D eigenvalue weighted by Crippen LogP contribution is 2.47. The highest BCUT2D eigenvalue weighted by atomic mass is 32.2. The summed E-state index contributed by atoms with van der Waals surface area (Å²) in [6.07, 6.45) is 2.46. The first-order chi connectivity index (χ1) is 16.3. The Kier molecular flexibility index (Phi) is 7.44. The summed E-state index contributed by atoms with van der Waals surface area (Å²) >= 11 is 1.46. The third-order valence-electron chi connectivity index (χ3n) is 6.03. The van der Waals surface area contributed by atoms with Crippen molar-refractivity contribution in [2.24, 2.45) is 5.92 Å². The zero-order valence-corrected chi connectivity index (χ0v) is 21.3. The molecule has 2 aromatic rings. The van der Waals surface area contributed by atoms with Crippen LogP contribution >= 0.6 is 11.8 Å². The van der Waals surface area contributed by atoms with Gasteiger partial charge in [0.15, 0.2) is 5.82 Å². The van der Waals surface area contributed by atoms with Crippen molar-refractivity contribution >= 4 is 29.4 Å². The number of thioether (sulfide) groups is 1. The van der Waals surface area contributed by atoms with E-state index in [4.69, 9.17) is 10.5 Å². The van der Waals surface area contributed by atoms with Crippen LogP contribution in [-0.4, -0.2) is 52.9 Å². The maximum atomic E-state index is 12.9. The van der Waals surface area contributed by atoms with Crippen LogP contribution in [0, 0.1) is 19.8 Å². The predicted molar refractivity (Wildman–Crippen MR) is 134 cm³/mol. The smallest absolute Gasteiger partial charge is 0.233 e. The van der Waals surface area contributed by atoms with Gasteiger partial charge in [-0.25, -0.2) is 10.4 Å². The molecule has 4 heterocycles. The molecule has 0 fully saturated rings. The average molecular weight is 487 g/mol. The Morgan fingerprint density at radius 1 is 1.35 bits per heavy atom. The van der Waals surface area contributed by atoms with Crippen LogP contribution < -0.4 is 31.5 Å². The molecule has 0 bridgehead atoms. The molecule has 2 unspecified atom stereocenters. The van der Waals surface area contributed by atoms with Gasteiger partial charge in [0.1, 0.15) is 10.8 Å². The summed E-state index contributed by atoms with van der Waals surface area (Å²) in [6, 6.07) is -0.0608. The Labute approximate surface area is 204 Å². The molecule has 11 heteroatoms. The lowest BCUT2D eigenvalue weighted by atomic mass is 10.0. The Morgan fingerprint density at radius 3 is 2.88 bits per heavy atom. The first-order valence-electron chi connectivity index (χ1n) is 11.6. The molecule has 2 aliphatic heterocycles. The van der Waals surface area contributed by atoms with Gasteiger partial charge in [0.2, 0.25) is 11.9 Å². The fourth-order valence-electron chi connectivity index (χ4n) is 4.38. The standard InChI is InChI=1S/C23H34N8O2S/c1-12(2)9-25-6-7-26-21(32)17-8-15-18-20(28-23(24)29-22(18)34-17)31(30-15)11-16-14(4)19(33-5)13(3)10-27-16/h10,12,15,17,25,30H,6-9,11H2,1-5H3,(H,26,32)(H2,24,28,29). The van der Waals surface area contributed by atoms with E-state index in [9.17, 15) is 4.79 Å². The van der Waals surface area contributed by atoms with Gasteiger partial charge in [-0.1, -0.05) is 25.6 Å². The Bertz CT molecular complexity index is 1060. The van der Waals surface area contributed by atoms with Crippen molar-refractivity contribution in [2.75, 3.05) is 37.5 Å². The number of nitrogens with one attached hydrogen (secondary N) is 3. The van der Waals surface area contributed by atoms with Crippen LogP contribution in [0.2, 0.25) is 0 Å². The maximum Gasteiger partial charge on any atom is 0.233 e. The fourth-order valence-corrected chi connectivity index (χ4v) is 5.63. The number of ether oxygens (including phenoxy) is 1. The lowest BCUT2D eigenvalue weighted by molar-refractivity contribution is -0.120. The van der Waals surface area contributed by atoms with E-state index in [2.05, 4.69) is 44.9 Å². The third kappa shape index (κ3) is 5.06. The molecule has 4 rings (SSSR count). The van der Waals surface area contributed by atoms with Gasteiger partial charge >= 0.3 is 0 Å². The van der Waals surface area contributed by atoms with E-state index in [0.717, 1.165) is 52.1 Å². The van der Waals surface area contributed by atoms with Crippen LogP contribution in [0.1, 0.15) is 48.7 Å². The molecule has 2 aliphatic rings. The number of methoxy groups -OCH3 is 1. The second-order valence-electron chi connectivity index (χ2n) is 9.17. The predicted octanol–water partition coefficient (Wildman–Crippen LogP) is 1.87. The van der Waals surface area contributed by atoms with Gasteiger partial charge in [-0.2, -0.15) is 4.98 Å². The maximum absolute atomic E-state index is 12.9. The lowest BCUT2D eigenvalue weighted by Crippen LogP contribution is -2.41. The van der Waals surface area contributed by atoms with E-state index >= 15 is 0 Å². The van der Waals surface area contributed by atoms with Crippen LogP contribution in [0.25, 0.3) is 0 Å². The molecule has 0 radical (unpaired) electrons. The minimum absolute atomic E-state index is 0.0155. The van der Waals surface area contributed by atoms with Gasteiger partial charge in [0.05, 0.1) is 30.6 Å². The SMILES string of the molecule is COc1c(C)cnc(CN2NC3CC(C(=O)NCCNCC(C)C)Sc4nc(N)nc2c43)c1C. The first-order valence-corrected chi connectivity index (χ1v) is 12.5. The molecular weight excluding hydrogens is 452 g/mol. The molecule has 10 nitrogen and oxygen atoms in total. The van der Waals surface area contributed by atoms with Gasteiger partial charge in [-0.15, -0.1) is 0 Å². The monoisotopic (exact) mass is 486 g/mol. The molecule has 1 amide bonds. The van der Waals surface area contributed by atoms with E-state index in [1.54, 1.807) is 7.11 Å². The van der Waals surface area contributed by atoms with Crippen molar-refractivity contribution in [3.05, 3.63) is 28.6 Å². The van der Waals surface area contributed by atoms with Crippen molar-refractivity contribution in [3.8, 4) is 5.75 Å². The highest BCUT2D eigenvalue weighted by molar-refractivity contribution is 8.00. The number of nitrogens with zero attached hydrogens (tertiary/aromatic N) is 4. The minimum atomic E-state index is -0.253. The summed E-state index contributed by atoms with van der Waals surface area (Å²) < 4.78 is 5.56. The fraction of sp³-hybridized carbons (Fsp3) is 0.565. The lowest BCUT2D eigenvalue weighted by Gasteiger charge is -2.26. The summed E-state index contributed by atoms with van der Waals surface area (Å²) in [7, 11) is 1.67. The van der Waals surface area contributed by atoms with E-state index in [1.807, 2.05) is 25.1 Å². The number of pyridine rings is 1. The van der Waals surface area contributed by atoms with E-state index in [0.29, 0.717) is 25.4 Å². The van der Waals surface area contributed by atoms with Crippen molar-refractivity contribution in [3.63, 3.8) is 0 Å². The molecule has 34 heavy (non-hydrogen) atoms. The molecule has 0 aliphatic carbocycles. The van der Waals surface area contributed by atoms with Crippen molar-refractivity contribution in [2.45, 2.75) is 57.0 Å². The number of aromatic nitrogens is 3. The molecular formula is C23H34N8O2S. The number of nitrogens with two attached hydrogens (primary N) is 1. The number of hydrazine groups is 1. The minimum Gasteiger partial charge on any atom is -0.496 e. The molecule has 0 spiro atoms. The van der Waals surface area contributed by atoms with Gasteiger partial charge < -0.3 is 21.1 Å². The summed E-state index contributed by atoms with van der Waals surface area (Å²) in [5, 5.41) is 8.86. The van der Waals surface area contributed by atoms with Crippen molar-refractivity contribution in [1.29, 1.82) is 0 Å². The van der Waals surface area contributed by atoms with Gasteiger partial charge in [0, 0.05) is 36.0 Å². The Hall–Kier alpha value is -2.63. The summed E-state index contributed by atoms with van der Waals surface area (Å²) in [5.74, 6) is 2.37. The topological polar surface area (TPSA) is 130 Å². The normalized spacial score (nSPS) is 18.8. The van der Waals surface area contributed by atoms with Crippen molar-refractivity contribution < 1.29 is 9.53 Å². The first kappa shape index (κ1) is 24.5. The summed E-state index contributed by atoms with van der Waals surface area (Å²) in [4.78, 5) is 26.5. The zero-order valence-electron chi connectivity index (χ0n) is 20.4. The van der Waals surface area contributed by atoms with Crippen LogP contribution in [-0.2, 0) is 11.3 Å². The van der Waals surface area contributed by atoms with Crippen LogP contribution in [0.5, 0.6) is 5.75 Å². The van der Waals surface area contributed by atoms with E-state index in [1.165, 1.54) is 11.8 Å².